The van der Waals surface area contributed by atoms with Crippen LogP contribution in [0, 0.1) is 0 Å². The molecule has 0 fully saturated rings. The number of rotatable bonds is 7. The standard InChI is InChI=1S/C23H19ClO3S/c1-27-18-13-11-16(12-14-18)21(25)15-22(19-9-5-6-10-20(19)24)28-23(26)17-7-3-2-4-8-17/h2-14,22H,15H2,1H3. The number of methoxy groups -OCH3 is 1. The lowest BCUT2D eigenvalue weighted by Gasteiger charge is -2.17. The van der Waals surface area contributed by atoms with Crippen LogP contribution in [0.4, 0.5) is 0 Å². The minimum absolute atomic E-state index is 0.0547. The van der Waals surface area contributed by atoms with Gasteiger partial charge >= 0.3 is 0 Å². The van der Waals surface area contributed by atoms with Crippen LogP contribution in [-0.4, -0.2) is 18.0 Å². The molecule has 5 heteroatoms. The Morgan fingerprint density at radius 2 is 1.54 bits per heavy atom. The molecule has 28 heavy (non-hydrogen) atoms. The smallest absolute Gasteiger partial charge is 0.219 e. The number of benzene rings is 3. The first-order valence-electron chi connectivity index (χ1n) is 8.76. The van der Waals surface area contributed by atoms with E-state index in [2.05, 4.69) is 0 Å². The van der Waals surface area contributed by atoms with Gasteiger partial charge in [0.15, 0.2) is 5.78 Å². The van der Waals surface area contributed by atoms with Crippen molar-refractivity contribution in [3.05, 3.63) is 101 Å². The third-order valence-electron chi connectivity index (χ3n) is 4.29. The summed E-state index contributed by atoms with van der Waals surface area (Å²) in [4.78, 5) is 25.6. The van der Waals surface area contributed by atoms with Crippen LogP contribution in [0.2, 0.25) is 5.02 Å². The van der Waals surface area contributed by atoms with Gasteiger partial charge in [0.25, 0.3) is 0 Å². The lowest BCUT2D eigenvalue weighted by Crippen LogP contribution is -2.08. The number of hydrogen-bond acceptors (Lipinski definition) is 4. The molecular formula is C23H19ClO3S. The van der Waals surface area contributed by atoms with E-state index in [1.54, 1.807) is 49.6 Å². The molecule has 0 amide bonds. The molecule has 1 unspecified atom stereocenters. The van der Waals surface area contributed by atoms with E-state index in [1.165, 1.54) is 0 Å². The first kappa shape index (κ1) is 20.2. The normalized spacial score (nSPS) is 11.6. The van der Waals surface area contributed by atoms with Crippen molar-refractivity contribution in [2.24, 2.45) is 0 Å². The fourth-order valence-corrected chi connectivity index (χ4v) is 4.22. The van der Waals surface area contributed by atoms with Crippen molar-refractivity contribution in [1.29, 1.82) is 0 Å². The predicted octanol–water partition coefficient (Wildman–Crippen LogP) is 6.24. The molecular weight excluding hydrogens is 392 g/mol. The average molecular weight is 411 g/mol. The molecule has 0 spiro atoms. The fourth-order valence-electron chi connectivity index (χ4n) is 2.79. The van der Waals surface area contributed by atoms with Gasteiger partial charge in [-0.05, 0) is 35.9 Å². The highest BCUT2D eigenvalue weighted by Crippen LogP contribution is 2.38. The molecule has 1 atom stereocenters. The summed E-state index contributed by atoms with van der Waals surface area (Å²) in [7, 11) is 1.58. The number of halogens is 1. The molecule has 3 nitrogen and oxygen atoms in total. The van der Waals surface area contributed by atoms with Gasteiger partial charge in [-0.1, -0.05) is 71.9 Å². The van der Waals surface area contributed by atoms with Crippen molar-refractivity contribution in [1.82, 2.24) is 0 Å². The molecule has 0 aliphatic carbocycles. The third-order valence-corrected chi connectivity index (χ3v) is 5.79. The molecule has 3 rings (SSSR count). The molecule has 0 saturated carbocycles. The number of carbonyl (C=O) groups is 2. The highest BCUT2D eigenvalue weighted by atomic mass is 35.5. The second-order valence-corrected chi connectivity index (χ2v) is 7.72. The van der Waals surface area contributed by atoms with Crippen molar-refractivity contribution in [3.8, 4) is 5.75 Å². The number of carbonyl (C=O) groups excluding carboxylic acids is 2. The lowest BCUT2D eigenvalue weighted by atomic mass is 10.0. The lowest BCUT2D eigenvalue weighted by molar-refractivity contribution is 0.0982. The van der Waals surface area contributed by atoms with Crippen LogP contribution in [0.5, 0.6) is 5.75 Å². The summed E-state index contributed by atoms with van der Waals surface area (Å²) < 4.78 is 5.14. The van der Waals surface area contributed by atoms with Crippen LogP contribution in [0.25, 0.3) is 0 Å². The topological polar surface area (TPSA) is 43.4 Å². The van der Waals surface area contributed by atoms with Crippen LogP contribution >= 0.6 is 23.4 Å². The van der Waals surface area contributed by atoms with Crippen LogP contribution < -0.4 is 4.74 Å². The van der Waals surface area contributed by atoms with E-state index < -0.39 is 0 Å². The van der Waals surface area contributed by atoms with E-state index in [0.717, 1.165) is 17.3 Å². The first-order valence-corrected chi connectivity index (χ1v) is 10.0. The molecule has 0 aromatic heterocycles. The average Bonchev–Trinajstić information content (AvgIpc) is 2.74. The summed E-state index contributed by atoms with van der Waals surface area (Å²) in [5.41, 5.74) is 1.95. The van der Waals surface area contributed by atoms with Gasteiger partial charge in [-0.3, -0.25) is 9.59 Å². The zero-order valence-electron chi connectivity index (χ0n) is 15.3. The quantitative estimate of drug-likeness (QED) is 0.432. The minimum atomic E-state index is -0.379. The van der Waals surface area contributed by atoms with Gasteiger partial charge in [-0.25, -0.2) is 0 Å². The van der Waals surface area contributed by atoms with E-state index in [-0.39, 0.29) is 22.6 Å². The number of thioether (sulfide) groups is 1. The SMILES string of the molecule is COc1ccc(C(=O)CC(SC(=O)c2ccccc2)c2ccccc2Cl)cc1. The van der Waals surface area contributed by atoms with Crippen LogP contribution in [0.1, 0.15) is 38.0 Å². The Hall–Kier alpha value is -2.56. The molecule has 0 bridgehead atoms. The van der Waals surface area contributed by atoms with Crippen LogP contribution in [-0.2, 0) is 0 Å². The van der Waals surface area contributed by atoms with Crippen molar-refractivity contribution < 1.29 is 14.3 Å². The van der Waals surface area contributed by atoms with E-state index in [9.17, 15) is 9.59 Å². The van der Waals surface area contributed by atoms with Crippen LogP contribution in [0.3, 0.4) is 0 Å². The number of hydrogen-bond donors (Lipinski definition) is 0. The molecule has 0 heterocycles. The van der Waals surface area contributed by atoms with Crippen molar-refractivity contribution in [2.45, 2.75) is 11.7 Å². The second-order valence-electron chi connectivity index (χ2n) is 6.14. The van der Waals surface area contributed by atoms with Gasteiger partial charge in [0.1, 0.15) is 5.75 Å². The molecule has 0 N–H and O–H groups in total. The zero-order valence-corrected chi connectivity index (χ0v) is 16.9. The van der Waals surface area contributed by atoms with E-state index in [0.29, 0.717) is 21.9 Å². The Morgan fingerprint density at radius 1 is 0.893 bits per heavy atom. The zero-order chi connectivity index (χ0) is 19.9. The van der Waals surface area contributed by atoms with E-state index in [1.807, 2.05) is 36.4 Å². The van der Waals surface area contributed by atoms with Crippen molar-refractivity contribution in [3.63, 3.8) is 0 Å². The van der Waals surface area contributed by atoms with Crippen LogP contribution in [0.15, 0.2) is 78.9 Å². The highest BCUT2D eigenvalue weighted by Gasteiger charge is 2.23. The third kappa shape index (κ3) is 5.03. The van der Waals surface area contributed by atoms with Gasteiger partial charge in [0, 0.05) is 27.8 Å². The molecule has 0 radical (unpaired) electrons. The first-order chi connectivity index (χ1) is 13.6. The number of ketones is 1. The monoisotopic (exact) mass is 410 g/mol. The largest absolute Gasteiger partial charge is 0.497 e. The van der Waals surface area contributed by atoms with Gasteiger partial charge in [0.05, 0.1) is 7.11 Å². The summed E-state index contributed by atoms with van der Waals surface area (Å²) in [6.45, 7) is 0. The second kappa shape index (κ2) is 9.58. The summed E-state index contributed by atoms with van der Waals surface area (Å²) in [6, 6.07) is 23.3. The van der Waals surface area contributed by atoms with Crippen molar-refractivity contribution in [2.75, 3.05) is 7.11 Å². The number of Topliss-reactive ketones (excluding diaryl/α,β-unsaturated/α-hetero) is 1. The Balaban J connectivity index is 1.84. The van der Waals surface area contributed by atoms with E-state index in [4.69, 9.17) is 16.3 Å². The molecule has 0 saturated heterocycles. The number of ether oxygens (including phenoxy) is 1. The van der Waals surface area contributed by atoms with Crippen molar-refractivity contribution >= 4 is 34.3 Å². The molecule has 0 aliphatic heterocycles. The summed E-state index contributed by atoms with van der Waals surface area (Å²) in [5, 5.41) is 0.0763. The minimum Gasteiger partial charge on any atom is -0.497 e. The maximum absolute atomic E-state index is 12.8. The highest BCUT2D eigenvalue weighted by molar-refractivity contribution is 8.14. The predicted molar refractivity (Wildman–Crippen MR) is 114 cm³/mol. The Kier molecular flexibility index (Phi) is 6.90. The summed E-state index contributed by atoms with van der Waals surface area (Å²) in [5.74, 6) is 0.633. The molecule has 142 valence electrons. The molecule has 0 aliphatic rings. The Morgan fingerprint density at radius 3 is 2.18 bits per heavy atom. The Labute approximate surface area is 173 Å². The van der Waals surface area contributed by atoms with Gasteiger partial charge < -0.3 is 4.74 Å². The van der Waals surface area contributed by atoms with Gasteiger partial charge in [-0.2, -0.15) is 0 Å². The van der Waals surface area contributed by atoms with Gasteiger partial charge in [-0.15, -0.1) is 0 Å². The molecule has 3 aromatic carbocycles. The van der Waals surface area contributed by atoms with E-state index >= 15 is 0 Å². The fraction of sp³-hybridized carbons (Fsp3) is 0.130. The summed E-state index contributed by atoms with van der Waals surface area (Å²) >= 11 is 7.49. The molecule has 3 aromatic rings. The maximum Gasteiger partial charge on any atom is 0.219 e. The van der Waals surface area contributed by atoms with Gasteiger partial charge in [0.2, 0.25) is 5.12 Å². The maximum atomic E-state index is 12.8. The summed E-state index contributed by atoms with van der Waals surface area (Å²) in [6.07, 6.45) is 0.166. The Bertz CT molecular complexity index is 955.